The second kappa shape index (κ2) is 5.86. The van der Waals surface area contributed by atoms with Crippen molar-refractivity contribution in [3.8, 4) is 5.88 Å². The van der Waals surface area contributed by atoms with E-state index < -0.39 is 22.9 Å². The highest BCUT2D eigenvalue weighted by Crippen LogP contribution is 2.44. The molecule has 0 spiro atoms. The molecule has 0 aromatic carbocycles. The normalized spacial score (nSPS) is 28.4. The SMILES string of the molecule is CCOc1nc(N)nc2c1ncn2[C@@H]1S[C@H](CO)[C@@H](O)[C@@H]1F. The van der Waals surface area contributed by atoms with Crippen molar-refractivity contribution in [2.45, 2.75) is 29.8 Å². The number of nitrogens with zero attached hydrogens (tertiary/aromatic N) is 4. The van der Waals surface area contributed by atoms with Crippen molar-refractivity contribution in [1.29, 1.82) is 0 Å². The summed E-state index contributed by atoms with van der Waals surface area (Å²) in [6.07, 6.45) is -1.38. The summed E-state index contributed by atoms with van der Waals surface area (Å²) in [5.74, 6) is 0.233. The summed E-state index contributed by atoms with van der Waals surface area (Å²) in [7, 11) is 0. The topological polar surface area (TPSA) is 119 Å². The minimum Gasteiger partial charge on any atom is -0.476 e. The van der Waals surface area contributed by atoms with E-state index in [1.165, 1.54) is 10.9 Å². The summed E-state index contributed by atoms with van der Waals surface area (Å²) < 4.78 is 21.2. The molecule has 1 aliphatic heterocycles. The molecule has 1 saturated heterocycles. The Morgan fingerprint density at radius 2 is 2.27 bits per heavy atom. The molecule has 4 N–H and O–H groups in total. The number of imidazole rings is 1. The molecule has 0 bridgehead atoms. The first-order valence-electron chi connectivity index (χ1n) is 6.78. The van der Waals surface area contributed by atoms with Gasteiger partial charge in [-0.05, 0) is 6.92 Å². The second-order valence-corrected chi connectivity index (χ2v) is 6.19. The van der Waals surface area contributed by atoms with Crippen molar-refractivity contribution in [3.05, 3.63) is 6.33 Å². The maximum atomic E-state index is 14.3. The van der Waals surface area contributed by atoms with E-state index in [2.05, 4.69) is 15.0 Å². The zero-order valence-corrected chi connectivity index (χ0v) is 12.6. The molecule has 2 aromatic heterocycles. The van der Waals surface area contributed by atoms with Crippen LogP contribution in [0.1, 0.15) is 12.3 Å². The van der Waals surface area contributed by atoms with Crippen molar-refractivity contribution < 1.29 is 19.3 Å². The number of fused-ring (bicyclic) bond motifs is 1. The molecule has 8 nitrogen and oxygen atoms in total. The Labute approximate surface area is 129 Å². The van der Waals surface area contributed by atoms with Gasteiger partial charge >= 0.3 is 0 Å². The van der Waals surface area contributed by atoms with Gasteiger partial charge in [0.05, 0.1) is 24.8 Å². The minimum atomic E-state index is -1.55. The van der Waals surface area contributed by atoms with E-state index in [0.717, 1.165) is 11.8 Å². The lowest BCUT2D eigenvalue weighted by atomic mass is 10.1. The lowest BCUT2D eigenvalue weighted by Crippen LogP contribution is -2.29. The largest absolute Gasteiger partial charge is 0.476 e. The van der Waals surface area contributed by atoms with Crippen LogP contribution in [-0.2, 0) is 0 Å². The minimum absolute atomic E-state index is 0.00429. The van der Waals surface area contributed by atoms with Crippen molar-refractivity contribution in [2.75, 3.05) is 18.9 Å². The molecule has 1 fully saturated rings. The number of rotatable bonds is 4. The molecular weight excluding hydrogens is 313 g/mol. The Hall–Kier alpha value is -1.65. The van der Waals surface area contributed by atoms with E-state index in [1.54, 1.807) is 6.92 Å². The van der Waals surface area contributed by atoms with Gasteiger partial charge in [-0.3, -0.25) is 4.57 Å². The number of hydrogen-bond donors (Lipinski definition) is 3. The maximum Gasteiger partial charge on any atom is 0.247 e. The van der Waals surface area contributed by atoms with Gasteiger partial charge < -0.3 is 20.7 Å². The van der Waals surface area contributed by atoms with E-state index >= 15 is 0 Å². The molecule has 22 heavy (non-hydrogen) atoms. The van der Waals surface area contributed by atoms with Crippen LogP contribution in [0, 0.1) is 0 Å². The first kappa shape index (κ1) is 15.3. The Kier molecular flexibility index (Phi) is 4.06. The van der Waals surface area contributed by atoms with E-state index in [-0.39, 0.29) is 18.4 Å². The number of nitrogen functional groups attached to an aromatic ring is 1. The number of aliphatic hydroxyl groups excluding tert-OH is 2. The number of thioether (sulfide) groups is 1. The molecule has 0 amide bonds. The molecule has 0 saturated carbocycles. The Morgan fingerprint density at radius 3 is 2.91 bits per heavy atom. The number of nitrogens with two attached hydrogens (primary N) is 1. The van der Waals surface area contributed by atoms with Crippen LogP contribution >= 0.6 is 11.8 Å². The standard InChI is InChI=1S/C12H16FN5O3S/c1-2-21-10-7-9(16-12(14)17-10)18(4-15-7)11-6(13)8(20)5(3-19)22-11/h4-6,8,11,19-20H,2-3H2,1H3,(H2,14,16,17)/t5-,6+,8-,11-/m1/s1. The fourth-order valence-corrected chi connectivity index (χ4v) is 3.76. The van der Waals surface area contributed by atoms with Crippen LogP contribution in [0.4, 0.5) is 10.3 Å². The highest BCUT2D eigenvalue weighted by Gasteiger charge is 2.45. The zero-order chi connectivity index (χ0) is 15.9. The molecule has 4 atom stereocenters. The summed E-state index contributed by atoms with van der Waals surface area (Å²) >= 11 is 1.13. The number of anilines is 1. The summed E-state index contributed by atoms with van der Waals surface area (Å²) in [4.78, 5) is 12.2. The first-order chi connectivity index (χ1) is 10.6. The lowest BCUT2D eigenvalue weighted by Gasteiger charge is -2.15. The average Bonchev–Trinajstić information content (AvgIpc) is 3.02. The monoisotopic (exact) mass is 329 g/mol. The van der Waals surface area contributed by atoms with Gasteiger partial charge in [-0.15, -0.1) is 11.8 Å². The second-order valence-electron chi connectivity index (χ2n) is 4.83. The molecule has 10 heteroatoms. The van der Waals surface area contributed by atoms with Crippen LogP contribution in [0.3, 0.4) is 0 Å². The summed E-state index contributed by atoms with van der Waals surface area (Å²) in [5, 5.41) is 17.7. The van der Waals surface area contributed by atoms with Gasteiger partial charge in [0.15, 0.2) is 17.3 Å². The molecule has 2 aromatic rings. The van der Waals surface area contributed by atoms with E-state index in [1.807, 2.05) is 0 Å². The quantitative estimate of drug-likeness (QED) is 0.723. The molecule has 0 radical (unpaired) electrons. The number of hydrogen-bond acceptors (Lipinski definition) is 8. The van der Waals surface area contributed by atoms with Crippen LogP contribution in [0.15, 0.2) is 6.33 Å². The van der Waals surface area contributed by atoms with Gasteiger partial charge in [0.1, 0.15) is 11.5 Å². The van der Waals surface area contributed by atoms with Crippen molar-refractivity contribution >= 4 is 28.9 Å². The highest BCUT2D eigenvalue weighted by molar-refractivity contribution is 8.00. The fourth-order valence-electron chi connectivity index (χ4n) is 2.41. The number of halogens is 1. The van der Waals surface area contributed by atoms with Crippen LogP contribution in [0.5, 0.6) is 5.88 Å². The van der Waals surface area contributed by atoms with Crippen LogP contribution in [0.2, 0.25) is 0 Å². The van der Waals surface area contributed by atoms with Crippen molar-refractivity contribution in [1.82, 2.24) is 19.5 Å². The van der Waals surface area contributed by atoms with Gasteiger partial charge in [-0.25, -0.2) is 9.37 Å². The number of aliphatic hydroxyl groups is 2. The molecule has 1 aliphatic rings. The predicted octanol–water partition coefficient (Wildman–Crippen LogP) is 0.113. The Bertz CT molecular complexity index is 684. The first-order valence-corrected chi connectivity index (χ1v) is 7.72. The Balaban J connectivity index is 2.05. The predicted molar refractivity (Wildman–Crippen MR) is 79.3 cm³/mol. The average molecular weight is 329 g/mol. The van der Waals surface area contributed by atoms with Crippen LogP contribution < -0.4 is 10.5 Å². The molecule has 0 unspecified atom stereocenters. The summed E-state index contributed by atoms with van der Waals surface area (Å²) in [5.41, 5.74) is 6.38. The highest BCUT2D eigenvalue weighted by atomic mass is 32.2. The zero-order valence-electron chi connectivity index (χ0n) is 11.8. The lowest BCUT2D eigenvalue weighted by molar-refractivity contribution is 0.0642. The van der Waals surface area contributed by atoms with Crippen LogP contribution in [-0.4, -0.2) is 60.5 Å². The smallest absolute Gasteiger partial charge is 0.247 e. The third-order valence-corrected chi connectivity index (χ3v) is 4.98. The van der Waals surface area contributed by atoms with E-state index in [4.69, 9.17) is 10.5 Å². The third kappa shape index (κ3) is 2.36. The molecule has 0 aliphatic carbocycles. The summed E-state index contributed by atoms with van der Waals surface area (Å²) in [6, 6.07) is 0. The van der Waals surface area contributed by atoms with Gasteiger partial charge in [0, 0.05) is 0 Å². The molecule has 3 rings (SSSR count). The number of alkyl halides is 1. The molecular formula is C12H16FN5O3S. The summed E-state index contributed by atoms with van der Waals surface area (Å²) in [6.45, 7) is 1.87. The van der Waals surface area contributed by atoms with Gasteiger partial charge in [-0.2, -0.15) is 9.97 Å². The number of aromatic nitrogens is 4. The molecule has 120 valence electrons. The van der Waals surface area contributed by atoms with E-state index in [0.29, 0.717) is 17.8 Å². The molecule has 3 heterocycles. The van der Waals surface area contributed by atoms with Gasteiger partial charge in [-0.1, -0.05) is 0 Å². The number of ether oxygens (including phenoxy) is 1. The van der Waals surface area contributed by atoms with Crippen molar-refractivity contribution in [2.24, 2.45) is 0 Å². The van der Waals surface area contributed by atoms with E-state index in [9.17, 15) is 14.6 Å². The van der Waals surface area contributed by atoms with Crippen molar-refractivity contribution in [3.63, 3.8) is 0 Å². The fraction of sp³-hybridized carbons (Fsp3) is 0.583. The van der Waals surface area contributed by atoms with Crippen LogP contribution in [0.25, 0.3) is 11.2 Å². The van der Waals surface area contributed by atoms with Gasteiger partial charge in [0.2, 0.25) is 11.8 Å². The van der Waals surface area contributed by atoms with Gasteiger partial charge in [0.25, 0.3) is 0 Å². The Morgan fingerprint density at radius 1 is 1.50 bits per heavy atom. The third-order valence-electron chi connectivity index (χ3n) is 3.44. The maximum absolute atomic E-state index is 14.3.